The lowest BCUT2D eigenvalue weighted by atomic mass is 10.2. The Bertz CT molecular complexity index is 300. The molecule has 0 bridgehead atoms. The molecule has 0 aromatic heterocycles. The molecule has 4 nitrogen and oxygen atoms in total. The first-order valence-corrected chi connectivity index (χ1v) is 3.43. The molecule has 1 aromatic rings. The topological polar surface area (TPSA) is 55.8 Å². The highest BCUT2D eigenvalue weighted by Crippen LogP contribution is 2.16. The molecule has 1 N–H and O–H groups in total. The van der Waals surface area contributed by atoms with Gasteiger partial charge in [-0.2, -0.15) is 4.89 Å². The first kappa shape index (κ1) is 9.47. The van der Waals surface area contributed by atoms with Gasteiger partial charge in [-0.25, -0.2) is 9.18 Å². The van der Waals surface area contributed by atoms with Crippen LogP contribution in [-0.2, 0) is 9.78 Å². The van der Waals surface area contributed by atoms with E-state index in [2.05, 4.69) is 9.78 Å². The normalized spacial score (nSPS) is 9.62. The average Bonchev–Trinajstić information content (AvgIpc) is 2.15. The highest BCUT2D eigenvalue weighted by atomic mass is 19.1. The van der Waals surface area contributed by atoms with Gasteiger partial charge >= 0.3 is 5.97 Å². The summed E-state index contributed by atoms with van der Waals surface area (Å²) in [5.41, 5.74) is -0.0732. The predicted molar refractivity (Wildman–Crippen MR) is 40.6 cm³/mol. The summed E-state index contributed by atoms with van der Waals surface area (Å²) in [5, 5.41) is 9.13. The molecular formula is C8H7FO4. The summed E-state index contributed by atoms with van der Waals surface area (Å²) in [6, 6.07) is 5.72. The van der Waals surface area contributed by atoms with Crippen molar-refractivity contribution in [3.63, 3.8) is 0 Å². The lowest BCUT2D eigenvalue weighted by molar-refractivity contribution is -0.264. The van der Waals surface area contributed by atoms with Crippen LogP contribution in [-0.4, -0.2) is 17.9 Å². The maximum absolute atomic E-state index is 11.4. The zero-order valence-electron chi connectivity index (χ0n) is 6.57. The number of alkyl halides is 1. The van der Waals surface area contributed by atoms with Crippen LogP contribution >= 0.6 is 0 Å². The number of phenolic OH excluding ortho intramolecular Hbond substituents is 1. The van der Waals surface area contributed by atoms with Gasteiger partial charge in [-0.3, -0.25) is 4.89 Å². The van der Waals surface area contributed by atoms with Gasteiger partial charge in [0, 0.05) is 0 Å². The van der Waals surface area contributed by atoms with Gasteiger partial charge in [0.15, 0.2) is 0 Å². The third-order valence-corrected chi connectivity index (χ3v) is 1.30. The van der Waals surface area contributed by atoms with E-state index >= 15 is 0 Å². The van der Waals surface area contributed by atoms with E-state index in [1.54, 1.807) is 6.07 Å². The van der Waals surface area contributed by atoms with E-state index in [9.17, 15) is 9.18 Å². The molecule has 0 fully saturated rings. The fraction of sp³-hybridized carbons (Fsp3) is 0.125. The molecule has 13 heavy (non-hydrogen) atoms. The second-order valence-corrected chi connectivity index (χ2v) is 2.11. The van der Waals surface area contributed by atoms with Gasteiger partial charge in [0.05, 0.1) is 0 Å². The third kappa shape index (κ3) is 2.41. The summed E-state index contributed by atoms with van der Waals surface area (Å²) in [5.74, 6) is -1.18. The summed E-state index contributed by atoms with van der Waals surface area (Å²) < 4.78 is 11.4. The SMILES string of the molecule is O=C(OOCF)c1ccccc1O. The van der Waals surface area contributed by atoms with Crippen LogP contribution in [0.1, 0.15) is 10.4 Å². The molecule has 0 saturated heterocycles. The van der Waals surface area contributed by atoms with Gasteiger partial charge in [0.2, 0.25) is 6.86 Å². The number of hydrogen-bond acceptors (Lipinski definition) is 4. The summed E-state index contributed by atoms with van der Waals surface area (Å²) in [7, 11) is 0. The number of carbonyl (C=O) groups is 1. The second-order valence-electron chi connectivity index (χ2n) is 2.11. The molecule has 0 radical (unpaired) electrons. The van der Waals surface area contributed by atoms with E-state index in [1.807, 2.05) is 0 Å². The van der Waals surface area contributed by atoms with Crippen LogP contribution in [0, 0.1) is 0 Å². The van der Waals surface area contributed by atoms with Crippen molar-refractivity contribution in [2.75, 3.05) is 6.86 Å². The van der Waals surface area contributed by atoms with E-state index in [4.69, 9.17) is 5.11 Å². The van der Waals surface area contributed by atoms with E-state index in [0.717, 1.165) is 0 Å². The molecule has 0 aliphatic heterocycles. The molecule has 70 valence electrons. The monoisotopic (exact) mass is 186 g/mol. The smallest absolute Gasteiger partial charge is 0.376 e. The zero-order valence-corrected chi connectivity index (χ0v) is 6.57. The lowest BCUT2D eigenvalue weighted by Crippen LogP contribution is -2.05. The van der Waals surface area contributed by atoms with Gasteiger partial charge in [-0.15, -0.1) is 0 Å². The van der Waals surface area contributed by atoms with Crippen molar-refractivity contribution in [1.82, 2.24) is 0 Å². The summed E-state index contributed by atoms with van der Waals surface area (Å²) in [4.78, 5) is 18.7. The fourth-order valence-electron chi connectivity index (χ4n) is 0.767. The highest BCUT2D eigenvalue weighted by Gasteiger charge is 2.12. The minimum absolute atomic E-state index is 0.0732. The van der Waals surface area contributed by atoms with Crippen LogP contribution < -0.4 is 0 Å². The van der Waals surface area contributed by atoms with Gasteiger partial charge in [-0.1, -0.05) is 12.1 Å². The van der Waals surface area contributed by atoms with Crippen molar-refractivity contribution < 1.29 is 24.1 Å². The molecule has 1 rings (SSSR count). The van der Waals surface area contributed by atoms with E-state index in [-0.39, 0.29) is 11.3 Å². The Morgan fingerprint density at radius 3 is 2.77 bits per heavy atom. The Morgan fingerprint density at radius 2 is 2.15 bits per heavy atom. The second kappa shape index (κ2) is 4.42. The number of aromatic hydroxyl groups is 1. The predicted octanol–water partition coefficient (Wildman–Crippen LogP) is 1.41. The Hall–Kier alpha value is -1.62. The van der Waals surface area contributed by atoms with Crippen molar-refractivity contribution in [1.29, 1.82) is 0 Å². The maximum Gasteiger partial charge on any atom is 0.376 e. The summed E-state index contributed by atoms with van der Waals surface area (Å²) in [6.07, 6.45) is 0. The number of benzene rings is 1. The first-order valence-electron chi connectivity index (χ1n) is 3.43. The van der Waals surface area contributed by atoms with Gasteiger partial charge in [0.1, 0.15) is 11.3 Å². The van der Waals surface area contributed by atoms with Crippen molar-refractivity contribution >= 4 is 5.97 Å². The number of halogens is 1. The van der Waals surface area contributed by atoms with Crippen LogP contribution in [0.25, 0.3) is 0 Å². The molecule has 0 aliphatic rings. The number of phenols is 1. The number of carbonyl (C=O) groups excluding carboxylic acids is 1. The standard InChI is InChI=1S/C8H7FO4/c9-5-12-13-8(11)6-3-1-2-4-7(6)10/h1-4,10H,5H2. The number of rotatable bonds is 3. The number of hydrogen-bond donors (Lipinski definition) is 1. The van der Waals surface area contributed by atoms with Gasteiger partial charge < -0.3 is 5.11 Å². The lowest BCUT2D eigenvalue weighted by Gasteiger charge is -2.01. The zero-order chi connectivity index (χ0) is 9.68. The maximum atomic E-state index is 11.4. The van der Waals surface area contributed by atoms with Crippen molar-refractivity contribution in [2.24, 2.45) is 0 Å². The summed E-state index contributed by atoms with van der Waals surface area (Å²) >= 11 is 0. The molecule has 0 heterocycles. The Balaban J connectivity index is 2.71. The first-order chi connectivity index (χ1) is 6.25. The van der Waals surface area contributed by atoms with E-state index in [1.165, 1.54) is 18.2 Å². The molecule has 0 atom stereocenters. The van der Waals surface area contributed by atoms with Crippen LogP contribution in [0.2, 0.25) is 0 Å². The van der Waals surface area contributed by atoms with Gasteiger partial charge in [-0.05, 0) is 12.1 Å². The molecular weight excluding hydrogens is 179 g/mol. The Kier molecular flexibility index (Phi) is 3.22. The summed E-state index contributed by atoms with van der Waals surface area (Å²) in [6.45, 7) is -1.22. The molecule has 0 aliphatic carbocycles. The average molecular weight is 186 g/mol. The third-order valence-electron chi connectivity index (χ3n) is 1.30. The largest absolute Gasteiger partial charge is 0.507 e. The van der Waals surface area contributed by atoms with Crippen molar-refractivity contribution in [3.8, 4) is 5.75 Å². The number of para-hydroxylation sites is 1. The van der Waals surface area contributed by atoms with Crippen LogP contribution in [0.15, 0.2) is 24.3 Å². The molecule has 0 amide bonds. The minimum atomic E-state index is -1.22. The van der Waals surface area contributed by atoms with Crippen LogP contribution in [0.4, 0.5) is 4.39 Å². The van der Waals surface area contributed by atoms with Crippen molar-refractivity contribution in [2.45, 2.75) is 0 Å². The van der Waals surface area contributed by atoms with Gasteiger partial charge in [0.25, 0.3) is 0 Å². The van der Waals surface area contributed by atoms with Crippen LogP contribution in [0.5, 0.6) is 5.75 Å². The van der Waals surface area contributed by atoms with E-state index < -0.39 is 12.8 Å². The molecule has 0 unspecified atom stereocenters. The van der Waals surface area contributed by atoms with E-state index in [0.29, 0.717) is 0 Å². The quantitative estimate of drug-likeness (QED) is 0.572. The highest BCUT2D eigenvalue weighted by molar-refractivity contribution is 5.91. The van der Waals surface area contributed by atoms with Crippen LogP contribution in [0.3, 0.4) is 0 Å². The molecule has 1 aromatic carbocycles. The Morgan fingerprint density at radius 1 is 1.46 bits per heavy atom. The molecule has 0 spiro atoms. The van der Waals surface area contributed by atoms with Crippen molar-refractivity contribution in [3.05, 3.63) is 29.8 Å². The molecule has 5 heteroatoms. The molecule has 0 saturated carbocycles. The minimum Gasteiger partial charge on any atom is -0.507 e. The Labute approximate surface area is 73.4 Å². The fourth-order valence-corrected chi connectivity index (χ4v) is 0.767.